The number of alkyl carbamates (subject to hydrolysis) is 2. The first-order valence-electron chi connectivity index (χ1n) is 12.4. The van der Waals surface area contributed by atoms with Gasteiger partial charge in [-0.25, -0.2) is 24.4 Å². The standard InChI is InChI=1S/C23H35N7O7/c1-22(2,3)36-19(31)25-18(26-20(32)37-23(4,5)6)24-13-9-12(10-13)16-27-28-17(35-16)15-8-7-14-11-29(15)21(33)30(14)34/h12-15,34H,7-11H2,1-6H3,(H2,24,25,26,31,32)/t12?,13?,14-,15-/m0/s1. The van der Waals surface area contributed by atoms with Crippen LogP contribution < -0.4 is 10.6 Å². The molecule has 0 spiro atoms. The fourth-order valence-electron chi connectivity index (χ4n) is 4.43. The Kier molecular flexibility index (Phi) is 7.06. The van der Waals surface area contributed by atoms with Crippen molar-refractivity contribution in [2.24, 2.45) is 4.99 Å². The first-order valence-corrected chi connectivity index (χ1v) is 12.4. The average molecular weight is 522 g/mol. The predicted molar refractivity (Wildman–Crippen MR) is 128 cm³/mol. The van der Waals surface area contributed by atoms with E-state index in [0.717, 1.165) is 5.06 Å². The van der Waals surface area contributed by atoms with Gasteiger partial charge in [0.1, 0.15) is 17.2 Å². The summed E-state index contributed by atoms with van der Waals surface area (Å²) in [6.45, 7) is 10.8. The topological polar surface area (TPSA) is 172 Å². The van der Waals surface area contributed by atoms with Crippen molar-refractivity contribution in [3.8, 4) is 0 Å². The number of hydroxylamine groups is 2. The summed E-state index contributed by atoms with van der Waals surface area (Å²) in [4.78, 5) is 42.8. The van der Waals surface area contributed by atoms with Gasteiger partial charge in [-0.2, -0.15) is 0 Å². The summed E-state index contributed by atoms with van der Waals surface area (Å²) in [6, 6.07) is -1.24. The molecule has 2 atom stereocenters. The van der Waals surface area contributed by atoms with Gasteiger partial charge in [0.15, 0.2) is 0 Å². The van der Waals surface area contributed by atoms with Crippen molar-refractivity contribution in [3.05, 3.63) is 11.8 Å². The maximum absolute atomic E-state index is 12.3. The van der Waals surface area contributed by atoms with Gasteiger partial charge in [0.2, 0.25) is 17.7 Å². The van der Waals surface area contributed by atoms with Gasteiger partial charge in [-0.3, -0.25) is 15.8 Å². The molecular formula is C23H35N7O7. The quantitative estimate of drug-likeness (QED) is 0.307. The van der Waals surface area contributed by atoms with Gasteiger partial charge in [0.05, 0.1) is 12.1 Å². The molecule has 0 radical (unpaired) electrons. The van der Waals surface area contributed by atoms with Crippen LogP contribution in [0, 0.1) is 0 Å². The van der Waals surface area contributed by atoms with Crippen molar-refractivity contribution < 1.29 is 33.5 Å². The van der Waals surface area contributed by atoms with Crippen LogP contribution >= 0.6 is 0 Å². The number of guanidine groups is 1. The Labute approximate surface area is 214 Å². The van der Waals surface area contributed by atoms with Gasteiger partial charge in [0.25, 0.3) is 0 Å². The third-order valence-electron chi connectivity index (χ3n) is 6.10. The maximum atomic E-state index is 12.3. The lowest BCUT2D eigenvalue weighted by Gasteiger charge is -2.31. The second-order valence-corrected chi connectivity index (χ2v) is 11.6. The van der Waals surface area contributed by atoms with E-state index in [0.29, 0.717) is 44.0 Å². The Bertz CT molecular complexity index is 1040. The maximum Gasteiger partial charge on any atom is 0.414 e. The normalized spacial score (nSPS) is 25.3. The first kappa shape index (κ1) is 26.6. The van der Waals surface area contributed by atoms with E-state index < -0.39 is 29.4 Å². The summed E-state index contributed by atoms with van der Waals surface area (Å²) in [6.07, 6.45) is 0.871. The van der Waals surface area contributed by atoms with E-state index in [2.05, 4.69) is 25.8 Å². The summed E-state index contributed by atoms with van der Waals surface area (Å²) in [5, 5.41) is 24.0. The molecule has 3 fully saturated rings. The molecular weight excluding hydrogens is 486 g/mol. The monoisotopic (exact) mass is 521 g/mol. The second kappa shape index (κ2) is 9.80. The van der Waals surface area contributed by atoms with Gasteiger partial charge in [-0.1, -0.05) is 0 Å². The van der Waals surface area contributed by atoms with Crippen LogP contribution in [0.3, 0.4) is 0 Å². The molecule has 1 aliphatic carbocycles. The Balaban J connectivity index is 1.38. The number of amides is 4. The molecule has 3 N–H and O–H groups in total. The molecule has 1 aromatic rings. The van der Waals surface area contributed by atoms with Crippen LogP contribution in [0.2, 0.25) is 0 Å². The minimum absolute atomic E-state index is 0.0562. The largest absolute Gasteiger partial charge is 0.444 e. The van der Waals surface area contributed by atoms with Crippen molar-refractivity contribution >= 4 is 24.2 Å². The number of ether oxygens (including phenoxy) is 2. The summed E-state index contributed by atoms with van der Waals surface area (Å²) in [5.74, 6) is 0.663. The molecule has 14 heteroatoms. The van der Waals surface area contributed by atoms with Gasteiger partial charge < -0.3 is 18.8 Å². The number of hydrogen-bond donors (Lipinski definition) is 3. The van der Waals surface area contributed by atoms with Gasteiger partial charge in [-0.15, -0.1) is 10.2 Å². The van der Waals surface area contributed by atoms with Crippen LogP contribution in [0.15, 0.2) is 9.41 Å². The number of rotatable bonds is 3. The molecule has 1 saturated carbocycles. The third-order valence-corrected chi connectivity index (χ3v) is 6.10. The number of hydrogen-bond acceptors (Lipinski definition) is 10. The molecule has 2 aliphatic heterocycles. The van der Waals surface area contributed by atoms with Crippen molar-refractivity contribution in [2.45, 2.75) is 102 Å². The number of piperidine rings is 1. The second-order valence-electron chi connectivity index (χ2n) is 11.6. The number of urea groups is 1. The highest BCUT2D eigenvalue weighted by molar-refractivity contribution is 6.01. The number of aliphatic imine (C=N–C) groups is 1. The molecule has 4 rings (SSSR count). The minimum atomic E-state index is -0.757. The van der Waals surface area contributed by atoms with Crippen molar-refractivity contribution in [1.82, 2.24) is 30.8 Å². The zero-order valence-corrected chi connectivity index (χ0v) is 22.0. The molecule has 0 unspecified atom stereocenters. The zero-order chi connectivity index (χ0) is 27.1. The van der Waals surface area contributed by atoms with Crippen molar-refractivity contribution in [3.63, 3.8) is 0 Å². The molecule has 0 aromatic carbocycles. The highest BCUT2D eigenvalue weighted by Crippen LogP contribution is 2.41. The fourth-order valence-corrected chi connectivity index (χ4v) is 4.43. The van der Waals surface area contributed by atoms with Crippen LogP contribution in [0.5, 0.6) is 0 Å². The lowest BCUT2D eigenvalue weighted by Crippen LogP contribution is -2.48. The van der Waals surface area contributed by atoms with E-state index in [1.54, 1.807) is 46.4 Å². The molecule has 3 heterocycles. The van der Waals surface area contributed by atoms with E-state index in [1.165, 1.54) is 0 Å². The number of carbonyl (C=O) groups excluding carboxylic acids is 3. The third kappa shape index (κ3) is 6.48. The van der Waals surface area contributed by atoms with E-state index in [4.69, 9.17) is 13.9 Å². The van der Waals surface area contributed by atoms with Crippen LogP contribution in [-0.2, 0) is 9.47 Å². The van der Waals surface area contributed by atoms with E-state index in [1.807, 2.05) is 0 Å². The van der Waals surface area contributed by atoms with Gasteiger partial charge in [0, 0.05) is 12.5 Å². The highest BCUT2D eigenvalue weighted by atomic mass is 16.6. The molecule has 3 aliphatic rings. The van der Waals surface area contributed by atoms with E-state index in [9.17, 15) is 19.6 Å². The summed E-state index contributed by atoms with van der Waals surface area (Å²) in [7, 11) is 0. The van der Waals surface area contributed by atoms with Gasteiger partial charge in [-0.05, 0) is 67.2 Å². The predicted octanol–water partition coefficient (Wildman–Crippen LogP) is 3.05. The molecule has 2 saturated heterocycles. The Morgan fingerprint density at radius 1 is 1.00 bits per heavy atom. The number of nitrogens with one attached hydrogen (secondary N) is 2. The lowest BCUT2D eigenvalue weighted by molar-refractivity contribution is -0.0584. The van der Waals surface area contributed by atoms with Crippen LogP contribution in [0.25, 0.3) is 0 Å². The van der Waals surface area contributed by atoms with Crippen LogP contribution in [0.1, 0.15) is 91.0 Å². The first-order chi connectivity index (χ1) is 17.2. The molecule has 1 aromatic heterocycles. The number of nitrogens with zero attached hydrogens (tertiary/aromatic N) is 5. The van der Waals surface area contributed by atoms with Crippen molar-refractivity contribution in [1.29, 1.82) is 0 Å². The SMILES string of the molecule is CC(C)(C)OC(=O)NC(=NC1CC(c2nnc([C@@H]3CC[C@H]4CN3C(=O)N4O)o2)C1)NC(=O)OC(C)(C)C. The molecule has 37 heavy (non-hydrogen) atoms. The zero-order valence-electron chi connectivity index (χ0n) is 22.0. The Morgan fingerprint density at radius 2 is 1.57 bits per heavy atom. The van der Waals surface area contributed by atoms with E-state index >= 15 is 0 Å². The van der Waals surface area contributed by atoms with Crippen molar-refractivity contribution in [2.75, 3.05) is 6.54 Å². The van der Waals surface area contributed by atoms with Crippen LogP contribution in [0.4, 0.5) is 14.4 Å². The Morgan fingerprint density at radius 3 is 2.14 bits per heavy atom. The summed E-state index contributed by atoms with van der Waals surface area (Å²) in [5.41, 5.74) is -1.46. The van der Waals surface area contributed by atoms with Gasteiger partial charge >= 0.3 is 18.2 Å². The number of carbonyl (C=O) groups is 3. The molecule has 14 nitrogen and oxygen atoms in total. The van der Waals surface area contributed by atoms with Crippen LogP contribution in [-0.4, -0.2) is 79.4 Å². The Hall–Kier alpha value is -3.42. The smallest absolute Gasteiger partial charge is 0.414 e. The minimum Gasteiger partial charge on any atom is -0.444 e. The number of fused-ring (bicyclic) bond motifs is 2. The van der Waals surface area contributed by atoms with E-state index in [-0.39, 0.29) is 30.0 Å². The summed E-state index contributed by atoms with van der Waals surface area (Å²) >= 11 is 0. The molecule has 2 bridgehead atoms. The highest BCUT2D eigenvalue weighted by Gasteiger charge is 2.47. The number of aromatic nitrogens is 2. The average Bonchev–Trinajstić information content (AvgIpc) is 3.28. The molecule has 4 amide bonds. The lowest BCUT2D eigenvalue weighted by atomic mass is 9.80. The molecule has 204 valence electrons. The summed E-state index contributed by atoms with van der Waals surface area (Å²) < 4.78 is 16.4. The fraction of sp³-hybridized carbons (Fsp3) is 0.739.